The summed E-state index contributed by atoms with van der Waals surface area (Å²) >= 11 is 1.74. The maximum Gasteiger partial charge on any atom is -1.00 e. The largest absolute Gasteiger partial charge is 1.00 e. The second-order valence-electron chi connectivity index (χ2n) is 10.1. The molecule has 0 radical (unpaired) electrons. The van der Waals surface area contributed by atoms with Crippen LogP contribution in [-0.4, -0.2) is 5.43 Å². The molecule has 34 heavy (non-hydrogen) atoms. The minimum absolute atomic E-state index is 0. The van der Waals surface area contributed by atoms with E-state index >= 15 is 0 Å². The van der Waals surface area contributed by atoms with E-state index in [1.54, 1.807) is 34.5 Å². The van der Waals surface area contributed by atoms with Crippen molar-refractivity contribution in [2.75, 3.05) is 0 Å². The molecule has 2 saturated carbocycles. The molecular weight excluding hydrogens is 551 g/mol. The molecule has 0 bridgehead atoms. The van der Waals surface area contributed by atoms with E-state index in [1.165, 1.54) is 46.6 Å². The van der Waals surface area contributed by atoms with Crippen LogP contribution in [0.5, 0.6) is 0 Å². The molecule has 180 valence electrons. The van der Waals surface area contributed by atoms with Gasteiger partial charge in [-0.1, -0.05) is 87.1 Å². The zero-order valence-corrected chi connectivity index (χ0v) is 25.8. The van der Waals surface area contributed by atoms with Crippen LogP contribution in [0.4, 0.5) is 0 Å². The van der Waals surface area contributed by atoms with Crippen LogP contribution in [0.1, 0.15) is 39.5 Å². The Morgan fingerprint density at radius 2 is 1.06 bits per heavy atom. The fourth-order valence-electron chi connectivity index (χ4n) is 5.65. The van der Waals surface area contributed by atoms with Gasteiger partial charge in [0.15, 0.2) is 0 Å². The zero-order chi connectivity index (χ0) is 22.7. The predicted octanol–water partition coefficient (Wildman–Crippen LogP) is -1.44. The summed E-state index contributed by atoms with van der Waals surface area (Å²) in [5.74, 6) is 3.16. The molecule has 4 heteroatoms. The molecule has 2 aromatic carbocycles. The van der Waals surface area contributed by atoms with Crippen LogP contribution in [0.25, 0.3) is 23.3 Å². The summed E-state index contributed by atoms with van der Waals surface area (Å²) in [7, 11) is 0. The van der Waals surface area contributed by atoms with Crippen LogP contribution in [0.2, 0.25) is 13.1 Å². The van der Waals surface area contributed by atoms with E-state index in [9.17, 15) is 0 Å². The average Bonchev–Trinajstić information content (AvgIpc) is 3.35. The van der Waals surface area contributed by atoms with Gasteiger partial charge in [0.25, 0.3) is 0 Å². The Hall–Kier alpha value is -0.660. The third-order valence-electron chi connectivity index (χ3n) is 6.91. The second kappa shape index (κ2) is 13.6. The van der Waals surface area contributed by atoms with Gasteiger partial charge >= 0.3 is 41.9 Å². The van der Waals surface area contributed by atoms with Crippen molar-refractivity contribution in [3.8, 4) is 0 Å². The molecule has 4 atom stereocenters. The van der Waals surface area contributed by atoms with E-state index in [-0.39, 0.29) is 30.2 Å². The summed E-state index contributed by atoms with van der Waals surface area (Å²) in [6, 6.07) is 17.6. The topological polar surface area (TPSA) is 0 Å². The quantitative estimate of drug-likeness (QED) is 0.262. The minimum Gasteiger partial charge on any atom is -1.00 e. The summed E-state index contributed by atoms with van der Waals surface area (Å²) in [4.78, 5) is 0. The van der Waals surface area contributed by atoms with Crippen LogP contribution in [-0.2, 0) is 23.3 Å². The fourth-order valence-corrected chi connectivity index (χ4v) is 5.65. The summed E-state index contributed by atoms with van der Waals surface area (Å²) < 4.78 is 0. The molecule has 0 spiro atoms. The van der Waals surface area contributed by atoms with Crippen molar-refractivity contribution in [2.45, 2.75) is 52.6 Å². The number of rotatable bonds is 0. The van der Waals surface area contributed by atoms with Crippen molar-refractivity contribution in [3.63, 3.8) is 0 Å². The summed E-state index contributed by atoms with van der Waals surface area (Å²) in [6.07, 6.45) is 14.9. The van der Waals surface area contributed by atoms with Gasteiger partial charge in [-0.2, -0.15) is 10.4 Å². The van der Waals surface area contributed by atoms with E-state index in [0.717, 1.165) is 23.7 Å². The first kappa shape index (κ1) is 29.6. The van der Waals surface area contributed by atoms with Crippen molar-refractivity contribution >= 4 is 28.7 Å². The summed E-state index contributed by atoms with van der Waals surface area (Å²) in [6.45, 7) is 9.27. The Bertz CT molecular complexity index is 1140. The molecule has 2 fully saturated rings. The van der Waals surface area contributed by atoms with Crippen molar-refractivity contribution in [3.05, 3.63) is 82.2 Å². The number of halogens is 2. The zero-order valence-electron chi connectivity index (χ0n) is 20.8. The normalized spacial score (nSPS) is 24.5. The van der Waals surface area contributed by atoms with Gasteiger partial charge < -0.3 is 24.8 Å². The Morgan fingerprint density at radius 3 is 1.44 bits per heavy atom. The SMILES string of the molecule is CC1[CH-]C2=c3ccccc3=CCC2C1.CC1[CH-]C2=c3ccccc3=CCC2C1.C[Si](C)=[Zr+2].[Cl-].[Cl-]. The van der Waals surface area contributed by atoms with Gasteiger partial charge in [-0.15, -0.1) is 22.6 Å². The molecule has 0 aliphatic heterocycles. The number of fused-ring (bicyclic) bond motifs is 4. The van der Waals surface area contributed by atoms with Gasteiger partial charge in [0, 0.05) is 0 Å². The van der Waals surface area contributed by atoms with Gasteiger partial charge in [-0.05, 0) is 24.7 Å². The number of hydrogen-bond donors (Lipinski definition) is 0. The Balaban J connectivity index is 0.000000198. The van der Waals surface area contributed by atoms with E-state index < -0.39 is 0 Å². The maximum absolute atomic E-state index is 2.47. The summed E-state index contributed by atoms with van der Waals surface area (Å²) in [5.41, 5.74) is 3.42. The molecule has 0 nitrogen and oxygen atoms in total. The Kier molecular flexibility index (Phi) is 11.8. The van der Waals surface area contributed by atoms with Crippen molar-refractivity contribution in [1.82, 2.24) is 0 Å². The third kappa shape index (κ3) is 7.19. The Labute approximate surface area is 233 Å². The number of hydrogen-bond acceptors (Lipinski definition) is 0. The van der Waals surface area contributed by atoms with Gasteiger partial charge in [-0.3, -0.25) is 0 Å². The van der Waals surface area contributed by atoms with Crippen molar-refractivity contribution < 1.29 is 48.1 Å². The molecule has 0 amide bonds. The smallest absolute Gasteiger partial charge is 1.00 e. The first-order valence-electron chi connectivity index (χ1n) is 12.2. The first-order chi connectivity index (χ1) is 15.4. The Morgan fingerprint density at radius 1 is 0.706 bits per heavy atom. The molecule has 4 aliphatic rings. The van der Waals surface area contributed by atoms with Crippen LogP contribution in [0.3, 0.4) is 0 Å². The van der Waals surface area contributed by atoms with Crippen molar-refractivity contribution in [2.24, 2.45) is 23.7 Å². The number of benzene rings is 2. The van der Waals surface area contributed by atoms with Gasteiger partial charge in [0.1, 0.15) is 0 Å². The van der Waals surface area contributed by atoms with Crippen LogP contribution in [0, 0.1) is 36.5 Å². The van der Waals surface area contributed by atoms with E-state index in [2.05, 4.69) is 100 Å². The molecule has 0 aromatic heterocycles. The molecular formula is C30H36Cl2SiZr-2. The van der Waals surface area contributed by atoms with E-state index in [0.29, 0.717) is 0 Å². The van der Waals surface area contributed by atoms with Gasteiger partial charge in [0.05, 0.1) is 0 Å². The molecule has 6 rings (SSSR count). The first-order valence-corrected chi connectivity index (χ1v) is 18.4. The fraction of sp³-hybridized carbons (Fsp3) is 0.400. The van der Waals surface area contributed by atoms with Gasteiger partial charge in [0.2, 0.25) is 0 Å². The standard InChI is InChI=1S/2C14H15.C2H6Si.2ClH.Zr/c2*1-10-8-12-7-6-11-4-2-3-5-13(11)14(12)9-10;1-3-2;;;/h2*2-6,9-10,12H,7-8H2,1H3;1-2H3;2*1H;/q2*-1;;;;+2/p-2. The maximum atomic E-state index is 2.47. The summed E-state index contributed by atoms with van der Waals surface area (Å²) in [5, 5.41) is 5.83. The van der Waals surface area contributed by atoms with Crippen LogP contribution >= 0.6 is 0 Å². The molecule has 0 saturated heterocycles. The monoisotopic (exact) mass is 584 g/mol. The molecule has 2 aromatic rings. The second-order valence-corrected chi connectivity index (χ2v) is 19.5. The van der Waals surface area contributed by atoms with Crippen LogP contribution < -0.4 is 45.7 Å². The molecule has 4 aliphatic carbocycles. The predicted molar refractivity (Wildman–Crippen MR) is 137 cm³/mol. The molecule has 0 heterocycles. The molecule has 4 unspecified atom stereocenters. The minimum atomic E-state index is 0. The third-order valence-corrected chi connectivity index (χ3v) is 6.91. The average molecular weight is 587 g/mol. The van der Waals surface area contributed by atoms with Crippen molar-refractivity contribution in [1.29, 1.82) is 0 Å². The van der Waals surface area contributed by atoms with E-state index in [4.69, 9.17) is 0 Å². The van der Waals surface area contributed by atoms with Gasteiger partial charge in [-0.25, -0.2) is 24.0 Å². The molecule has 0 N–H and O–H groups in total. The van der Waals surface area contributed by atoms with E-state index in [1.807, 2.05) is 0 Å². The van der Waals surface area contributed by atoms with Crippen LogP contribution in [0.15, 0.2) is 48.5 Å².